The Morgan fingerprint density at radius 3 is 2.70 bits per heavy atom. The molecule has 0 amide bonds. The maximum Gasteiger partial charge on any atom is 0.0590 e. The Kier molecular flexibility index (Phi) is 5.00. The van der Waals surface area contributed by atoms with Crippen LogP contribution < -0.4 is 4.72 Å². The molecule has 2 heterocycles. The van der Waals surface area contributed by atoms with E-state index in [1.54, 1.807) is 0 Å². The van der Waals surface area contributed by atoms with Crippen LogP contribution >= 0.6 is 46.6 Å². The van der Waals surface area contributed by atoms with Gasteiger partial charge in [0.2, 0.25) is 0 Å². The molecule has 3 rings (SSSR count). The third-order valence-electron chi connectivity index (χ3n) is 3.55. The summed E-state index contributed by atoms with van der Waals surface area (Å²) < 4.78 is 3.63. The zero-order valence-electron chi connectivity index (χ0n) is 11.1. The third kappa shape index (κ3) is 3.04. The van der Waals surface area contributed by atoms with Gasteiger partial charge in [-0.05, 0) is 41.2 Å². The van der Waals surface area contributed by atoms with E-state index in [0.29, 0.717) is 17.2 Å². The molecule has 0 aliphatic carbocycles. The van der Waals surface area contributed by atoms with Crippen LogP contribution in [0.15, 0.2) is 41.8 Å². The smallest absolute Gasteiger partial charge is 0.0590 e. The molecule has 1 aromatic carbocycles. The first-order chi connectivity index (χ1) is 9.79. The summed E-state index contributed by atoms with van der Waals surface area (Å²) >= 11 is 11.7. The van der Waals surface area contributed by atoms with Gasteiger partial charge in [0.25, 0.3) is 0 Å². The molecule has 2 aromatic rings. The van der Waals surface area contributed by atoms with Gasteiger partial charge < -0.3 is 0 Å². The second-order valence-electron chi connectivity index (χ2n) is 4.82. The first-order valence-electron chi connectivity index (χ1n) is 6.48. The van der Waals surface area contributed by atoms with Gasteiger partial charge in [0, 0.05) is 21.9 Å². The molecule has 1 saturated heterocycles. The van der Waals surface area contributed by atoms with Crippen LogP contribution in [0.25, 0.3) is 0 Å². The van der Waals surface area contributed by atoms with Crippen molar-refractivity contribution in [3.63, 3.8) is 0 Å². The molecule has 0 bridgehead atoms. The molecule has 5 heteroatoms. The molecular formula is C15H16ClNS3. The summed E-state index contributed by atoms with van der Waals surface area (Å²) in [5.41, 5.74) is 1.33. The van der Waals surface area contributed by atoms with E-state index >= 15 is 0 Å². The summed E-state index contributed by atoms with van der Waals surface area (Å²) in [6.45, 7) is 0. The van der Waals surface area contributed by atoms with Crippen molar-refractivity contribution in [2.24, 2.45) is 5.92 Å². The summed E-state index contributed by atoms with van der Waals surface area (Å²) in [4.78, 5) is 1.47. The van der Waals surface area contributed by atoms with Crippen LogP contribution in [0.4, 0.5) is 0 Å². The van der Waals surface area contributed by atoms with E-state index < -0.39 is 0 Å². The molecule has 1 aromatic heterocycles. The van der Waals surface area contributed by atoms with E-state index in [9.17, 15) is 0 Å². The molecule has 1 aliphatic heterocycles. The van der Waals surface area contributed by atoms with Crippen LogP contribution in [0, 0.1) is 5.92 Å². The zero-order valence-corrected chi connectivity index (χ0v) is 14.3. The van der Waals surface area contributed by atoms with Crippen molar-refractivity contribution in [1.29, 1.82) is 0 Å². The van der Waals surface area contributed by atoms with Crippen LogP contribution in [-0.2, 0) is 0 Å². The Morgan fingerprint density at radius 1 is 1.25 bits per heavy atom. The van der Waals surface area contributed by atoms with Crippen LogP contribution in [-0.4, -0.2) is 12.0 Å². The van der Waals surface area contributed by atoms with E-state index in [2.05, 4.69) is 40.6 Å². The Bertz CT molecular complexity index is 541. The van der Waals surface area contributed by atoms with Gasteiger partial charge in [0.05, 0.1) is 5.25 Å². The lowest BCUT2D eigenvalue weighted by Crippen LogP contribution is -2.19. The fourth-order valence-corrected chi connectivity index (χ4v) is 5.92. The highest BCUT2D eigenvalue weighted by molar-refractivity contribution is 7.99. The second kappa shape index (κ2) is 6.75. The summed E-state index contributed by atoms with van der Waals surface area (Å²) in [5.74, 6) is 1.77. The molecule has 0 spiro atoms. The fourth-order valence-electron chi connectivity index (χ4n) is 2.58. The average Bonchev–Trinajstić information content (AvgIpc) is 3.09. The third-order valence-corrected chi connectivity index (χ3v) is 6.87. The number of thioether (sulfide) groups is 1. The molecule has 1 nitrogen and oxygen atoms in total. The number of benzene rings is 1. The lowest BCUT2D eigenvalue weighted by Gasteiger charge is -2.22. The highest BCUT2D eigenvalue weighted by Crippen LogP contribution is 2.50. The minimum atomic E-state index is 0.400. The standard InChI is InChI=1S/C15H16ClNS3/c1-18-9-12-14(10-4-6-11(16)7-5-10)17-20-15(12)13-3-2-8-19-13/h2-8,12,14-15,17H,9H2,1H3. The Hall–Kier alpha value is -0.130. The van der Waals surface area contributed by atoms with Crippen molar-refractivity contribution >= 4 is 46.6 Å². The molecule has 106 valence electrons. The first kappa shape index (κ1) is 14.8. The maximum atomic E-state index is 6.00. The summed E-state index contributed by atoms with van der Waals surface area (Å²) in [6, 6.07) is 13.1. The van der Waals surface area contributed by atoms with Gasteiger partial charge in [0.15, 0.2) is 0 Å². The largest absolute Gasteiger partial charge is 0.256 e. The van der Waals surface area contributed by atoms with Crippen molar-refractivity contribution < 1.29 is 0 Å². The lowest BCUT2D eigenvalue weighted by atomic mass is 9.92. The van der Waals surface area contributed by atoms with Crippen molar-refractivity contribution in [2.45, 2.75) is 11.3 Å². The molecule has 20 heavy (non-hydrogen) atoms. The molecule has 3 unspecified atom stereocenters. The van der Waals surface area contributed by atoms with Gasteiger partial charge in [0.1, 0.15) is 0 Å². The van der Waals surface area contributed by atoms with E-state index in [1.165, 1.54) is 10.4 Å². The van der Waals surface area contributed by atoms with Gasteiger partial charge in [-0.2, -0.15) is 11.8 Å². The monoisotopic (exact) mass is 341 g/mol. The van der Waals surface area contributed by atoms with Crippen LogP contribution in [0.2, 0.25) is 5.02 Å². The van der Waals surface area contributed by atoms with Crippen LogP contribution in [0.1, 0.15) is 21.7 Å². The molecule has 0 saturated carbocycles. The Morgan fingerprint density at radius 2 is 2.05 bits per heavy atom. The van der Waals surface area contributed by atoms with Gasteiger partial charge in [-0.15, -0.1) is 11.3 Å². The number of rotatable bonds is 4. The summed E-state index contributed by atoms with van der Waals surface area (Å²) in [6.07, 6.45) is 2.19. The summed E-state index contributed by atoms with van der Waals surface area (Å²) in [5, 5.41) is 3.51. The molecule has 1 aliphatic rings. The molecular weight excluding hydrogens is 326 g/mol. The van der Waals surface area contributed by atoms with E-state index in [0.717, 1.165) is 10.8 Å². The van der Waals surface area contributed by atoms with Gasteiger partial charge in [-0.1, -0.05) is 41.7 Å². The van der Waals surface area contributed by atoms with Crippen molar-refractivity contribution in [3.8, 4) is 0 Å². The normalized spacial score (nSPS) is 26.0. The van der Waals surface area contributed by atoms with Gasteiger partial charge in [-0.25, -0.2) is 0 Å². The average molecular weight is 342 g/mol. The molecule has 1 N–H and O–H groups in total. The fraction of sp³-hybridized carbons (Fsp3) is 0.333. The van der Waals surface area contributed by atoms with Gasteiger partial charge >= 0.3 is 0 Å². The minimum Gasteiger partial charge on any atom is -0.256 e. The highest BCUT2D eigenvalue weighted by atomic mass is 35.5. The Labute approximate surface area is 137 Å². The number of halogens is 1. The minimum absolute atomic E-state index is 0.400. The predicted molar refractivity (Wildman–Crippen MR) is 93.9 cm³/mol. The first-order valence-corrected chi connectivity index (χ1v) is 10.0. The molecule has 1 fully saturated rings. The van der Waals surface area contributed by atoms with E-state index in [1.807, 2.05) is 47.2 Å². The van der Waals surface area contributed by atoms with E-state index in [4.69, 9.17) is 11.6 Å². The lowest BCUT2D eigenvalue weighted by molar-refractivity contribution is 0.483. The quantitative estimate of drug-likeness (QED) is 0.746. The van der Waals surface area contributed by atoms with E-state index in [-0.39, 0.29) is 0 Å². The van der Waals surface area contributed by atoms with Crippen molar-refractivity contribution in [3.05, 3.63) is 57.2 Å². The van der Waals surface area contributed by atoms with Gasteiger partial charge in [-0.3, -0.25) is 4.72 Å². The van der Waals surface area contributed by atoms with Crippen LogP contribution in [0.3, 0.4) is 0 Å². The number of nitrogens with one attached hydrogen (secondary N) is 1. The number of thiophene rings is 1. The number of hydrogen-bond donors (Lipinski definition) is 1. The predicted octanol–water partition coefficient (Wildman–Crippen LogP) is 5.41. The number of hydrogen-bond acceptors (Lipinski definition) is 4. The highest BCUT2D eigenvalue weighted by Gasteiger charge is 2.38. The SMILES string of the molecule is CSCC1C(c2ccc(Cl)cc2)NSC1c1cccs1. The second-order valence-corrected chi connectivity index (χ2v) is 8.13. The molecule has 0 radical (unpaired) electrons. The van der Waals surface area contributed by atoms with Crippen LogP contribution in [0.5, 0.6) is 0 Å². The van der Waals surface area contributed by atoms with Crippen molar-refractivity contribution in [2.75, 3.05) is 12.0 Å². The Balaban J connectivity index is 1.86. The summed E-state index contributed by atoms with van der Waals surface area (Å²) in [7, 11) is 0. The zero-order chi connectivity index (χ0) is 13.9. The maximum absolute atomic E-state index is 6.00. The topological polar surface area (TPSA) is 12.0 Å². The van der Waals surface area contributed by atoms with Crippen molar-refractivity contribution in [1.82, 2.24) is 4.72 Å². The molecule has 3 atom stereocenters.